The lowest BCUT2D eigenvalue weighted by Gasteiger charge is -2.25. The number of aromatic nitrogens is 4. The molecule has 0 amide bonds. The maximum absolute atomic E-state index is 12.2. The van der Waals surface area contributed by atoms with Gasteiger partial charge in [0.15, 0.2) is 0 Å². The second kappa shape index (κ2) is 8.08. The molecule has 2 N–H and O–H groups in total. The summed E-state index contributed by atoms with van der Waals surface area (Å²) in [6.07, 6.45) is 1.51. The Morgan fingerprint density at radius 3 is 3.00 bits per heavy atom. The average molecular weight is 412 g/mol. The molecule has 2 aliphatic rings. The molecule has 0 saturated carbocycles. The van der Waals surface area contributed by atoms with E-state index >= 15 is 0 Å². The summed E-state index contributed by atoms with van der Waals surface area (Å²) in [6, 6.07) is 7.49. The number of tetrazole rings is 1. The first kappa shape index (κ1) is 19.2. The first-order chi connectivity index (χ1) is 14.1. The average Bonchev–Trinajstić information content (AvgIpc) is 3.34. The Hall–Kier alpha value is -3.14. The van der Waals surface area contributed by atoms with Gasteiger partial charge in [-0.1, -0.05) is 12.1 Å². The van der Waals surface area contributed by atoms with Crippen LogP contribution in [0.15, 0.2) is 52.0 Å². The molecule has 2 unspecified atom stereocenters. The number of hydrogen-bond donors (Lipinski definition) is 1. The van der Waals surface area contributed by atoms with Gasteiger partial charge in [0.1, 0.15) is 18.2 Å². The molecule has 0 fully saturated rings. The number of nitrogens with zero attached hydrogens (tertiary/aromatic N) is 5. The molecule has 2 aromatic rings. The smallest absolute Gasteiger partial charge is 0.336 e. The number of hydrogen-bond acceptors (Lipinski definition) is 9. The van der Waals surface area contributed by atoms with Gasteiger partial charge < -0.3 is 15.2 Å². The number of rotatable bonds is 6. The van der Waals surface area contributed by atoms with Crippen LogP contribution in [0, 0.1) is 5.92 Å². The summed E-state index contributed by atoms with van der Waals surface area (Å²) in [6.45, 7) is 2.43. The molecule has 0 spiro atoms. The van der Waals surface area contributed by atoms with E-state index in [2.05, 4.69) is 20.4 Å². The molecule has 2 aliphatic heterocycles. The molecule has 10 heteroatoms. The van der Waals surface area contributed by atoms with E-state index in [1.54, 1.807) is 14.0 Å². The molecule has 1 aromatic heterocycles. The van der Waals surface area contributed by atoms with Gasteiger partial charge in [-0.3, -0.25) is 0 Å². The third-order valence-electron chi connectivity index (χ3n) is 4.56. The van der Waals surface area contributed by atoms with Gasteiger partial charge in [0.05, 0.1) is 30.4 Å². The lowest BCUT2D eigenvalue weighted by molar-refractivity contribution is -0.138. The standard InChI is InChI=1S/C19H20N6O3S/c1-3-27-19(26)14-8-21-17(20)15-12(10-29-16(14)15)9-28-13-6-4-5-11(7-13)18-22-24-25(2)23-18/h4-8,10,15-16H,3,9H2,1-2H3,(H2,20,21). The van der Waals surface area contributed by atoms with Gasteiger partial charge in [-0.15, -0.1) is 22.0 Å². The Morgan fingerprint density at radius 2 is 2.24 bits per heavy atom. The molecule has 2 atom stereocenters. The normalized spacial score (nSPS) is 20.4. The van der Waals surface area contributed by atoms with Crippen LogP contribution in [0.25, 0.3) is 11.4 Å². The molecule has 1 aromatic carbocycles. The Kier molecular flexibility index (Phi) is 5.34. The molecule has 0 bridgehead atoms. The first-order valence-corrected chi connectivity index (χ1v) is 10.0. The number of aliphatic imine (C=N–C) groups is 1. The minimum atomic E-state index is -0.356. The van der Waals surface area contributed by atoms with Crippen LogP contribution in [0.2, 0.25) is 0 Å². The number of carbonyl (C=O) groups is 1. The summed E-state index contributed by atoms with van der Waals surface area (Å²) in [5, 5.41) is 13.9. The van der Waals surface area contributed by atoms with Crippen molar-refractivity contribution in [2.75, 3.05) is 13.2 Å². The highest BCUT2D eigenvalue weighted by atomic mass is 32.2. The molecule has 0 saturated heterocycles. The number of benzene rings is 1. The number of nitrogens with two attached hydrogens (primary N) is 1. The molecule has 0 aliphatic carbocycles. The van der Waals surface area contributed by atoms with Crippen LogP contribution >= 0.6 is 11.8 Å². The van der Waals surface area contributed by atoms with Crippen LogP contribution in [-0.2, 0) is 16.6 Å². The number of aryl methyl sites for hydroxylation is 1. The van der Waals surface area contributed by atoms with E-state index in [1.165, 1.54) is 22.8 Å². The largest absolute Gasteiger partial charge is 0.489 e. The molecule has 4 rings (SSSR count). The van der Waals surface area contributed by atoms with Crippen LogP contribution in [0.5, 0.6) is 5.75 Å². The summed E-state index contributed by atoms with van der Waals surface area (Å²) in [5.41, 5.74) is 8.45. The molecule has 9 nitrogen and oxygen atoms in total. The molecular formula is C19H20N6O3S. The van der Waals surface area contributed by atoms with Crippen molar-refractivity contribution < 1.29 is 14.3 Å². The van der Waals surface area contributed by atoms with Crippen LogP contribution in [0.4, 0.5) is 0 Å². The number of fused-ring (bicyclic) bond motifs is 1. The second-order valence-corrected chi connectivity index (χ2v) is 7.52. The van der Waals surface area contributed by atoms with Crippen molar-refractivity contribution in [3.8, 4) is 17.1 Å². The minimum absolute atomic E-state index is 0.139. The van der Waals surface area contributed by atoms with E-state index in [1.807, 2.05) is 29.7 Å². The van der Waals surface area contributed by atoms with Gasteiger partial charge in [0.25, 0.3) is 0 Å². The predicted molar refractivity (Wildman–Crippen MR) is 109 cm³/mol. The van der Waals surface area contributed by atoms with Gasteiger partial charge in [-0.2, -0.15) is 4.80 Å². The van der Waals surface area contributed by atoms with E-state index in [0.717, 1.165) is 11.1 Å². The van der Waals surface area contributed by atoms with Gasteiger partial charge in [-0.25, -0.2) is 9.79 Å². The number of amidine groups is 1. The highest BCUT2D eigenvalue weighted by Gasteiger charge is 2.41. The van der Waals surface area contributed by atoms with Crippen molar-refractivity contribution in [1.82, 2.24) is 20.2 Å². The third-order valence-corrected chi connectivity index (χ3v) is 5.82. The molecular weight excluding hydrogens is 392 g/mol. The van der Waals surface area contributed by atoms with E-state index in [9.17, 15) is 4.79 Å². The number of carbonyl (C=O) groups excluding carboxylic acids is 1. The molecule has 150 valence electrons. The Bertz CT molecular complexity index is 1030. The third kappa shape index (κ3) is 3.88. The van der Waals surface area contributed by atoms with E-state index in [0.29, 0.717) is 36.2 Å². The van der Waals surface area contributed by atoms with Crippen molar-refractivity contribution >= 4 is 23.6 Å². The SMILES string of the molecule is CCOC(=O)C1=CN=C(N)C2C(COc3cccc(-c4nnn(C)n4)c3)=CSC12. The number of thioether (sulfide) groups is 1. The quantitative estimate of drug-likeness (QED) is 0.712. The van der Waals surface area contributed by atoms with Crippen LogP contribution in [-0.4, -0.2) is 50.5 Å². The van der Waals surface area contributed by atoms with Gasteiger partial charge in [0.2, 0.25) is 5.82 Å². The molecule has 29 heavy (non-hydrogen) atoms. The van der Waals surface area contributed by atoms with Gasteiger partial charge in [0, 0.05) is 11.8 Å². The number of esters is 1. The van der Waals surface area contributed by atoms with Crippen molar-refractivity contribution in [3.05, 3.63) is 47.0 Å². The minimum Gasteiger partial charge on any atom is -0.489 e. The van der Waals surface area contributed by atoms with Gasteiger partial charge in [-0.05, 0) is 35.3 Å². The van der Waals surface area contributed by atoms with E-state index < -0.39 is 0 Å². The molecule has 3 heterocycles. The Labute approximate surface area is 171 Å². The Morgan fingerprint density at radius 1 is 1.38 bits per heavy atom. The zero-order valence-corrected chi connectivity index (χ0v) is 16.8. The summed E-state index contributed by atoms with van der Waals surface area (Å²) in [7, 11) is 1.71. The van der Waals surface area contributed by atoms with Crippen molar-refractivity contribution in [2.24, 2.45) is 23.7 Å². The molecule has 0 radical (unpaired) electrons. The van der Waals surface area contributed by atoms with Crippen molar-refractivity contribution in [1.29, 1.82) is 0 Å². The van der Waals surface area contributed by atoms with E-state index in [4.69, 9.17) is 15.2 Å². The van der Waals surface area contributed by atoms with Crippen LogP contribution < -0.4 is 10.5 Å². The monoisotopic (exact) mass is 412 g/mol. The van der Waals surface area contributed by atoms with E-state index in [-0.39, 0.29) is 17.1 Å². The summed E-state index contributed by atoms with van der Waals surface area (Å²) >= 11 is 1.54. The first-order valence-electron chi connectivity index (χ1n) is 9.08. The summed E-state index contributed by atoms with van der Waals surface area (Å²) in [5.74, 6) is 1.14. The fraction of sp³-hybridized carbons (Fsp3) is 0.316. The number of ether oxygens (including phenoxy) is 2. The zero-order valence-electron chi connectivity index (χ0n) is 16.0. The van der Waals surface area contributed by atoms with Gasteiger partial charge >= 0.3 is 5.97 Å². The lowest BCUT2D eigenvalue weighted by Crippen LogP contribution is -2.37. The Balaban J connectivity index is 1.46. The van der Waals surface area contributed by atoms with Crippen LogP contribution in [0.3, 0.4) is 0 Å². The van der Waals surface area contributed by atoms with Crippen LogP contribution in [0.1, 0.15) is 6.92 Å². The zero-order chi connectivity index (χ0) is 20.4. The lowest BCUT2D eigenvalue weighted by atomic mass is 9.90. The highest BCUT2D eigenvalue weighted by Crippen LogP contribution is 2.42. The fourth-order valence-electron chi connectivity index (χ4n) is 3.20. The topological polar surface area (TPSA) is 118 Å². The van der Waals surface area contributed by atoms with Crippen molar-refractivity contribution in [2.45, 2.75) is 12.2 Å². The second-order valence-electron chi connectivity index (χ2n) is 6.50. The maximum atomic E-state index is 12.2. The predicted octanol–water partition coefficient (Wildman–Crippen LogP) is 1.69. The maximum Gasteiger partial charge on any atom is 0.336 e. The summed E-state index contributed by atoms with van der Waals surface area (Å²) in [4.78, 5) is 17.8. The fourth-order valence-corrected chi connectivity index (χ4v) is 4.51. The summed E-state index contributed by atoms with van der Waals surface area (Å²) < 4.78 is 11.1. The van der Waals surface area contributed by atoms with Crippen molar-refractivity contribution in [3.63, 3.8) is 0 Å². The highest BCUT2D eigenvalue weighted by molar-refractivity contribution is 8.03.